The van der Waals surface area contributed by atoms with Gasteiger partial charge in [-0.05, 0) is 49.5 Å². The molecular formula is C20H26N2O2. The minimum atomic E-state index is 0.399. The minimum Gasteiger partial charge on any atom is -0.497 e. The summed E-state index contributed by atoms with van der Waals surface area (Å²) in [7, 11) is 7.82. The van der Waals surface area contributed by atoms with Crippen molar-refractivity contribution in [2.24, 2.45) is 0 Å². The van der Waals surface area contributed by atoms with E-state index in [4.69, 9.17) is 9.47 Å². The summed E-state index contributed by atoms with van der Waals surface area (Å²) in [6.07, 6.45) is 0. The molecule has 24 heavy (non-hydrogen) atoms. The maximum Gasteiger partial charge on any atom is 0.118 e. The lowest BCUT2D eigenvalue weighted by atomic mass is 9.96. The fourth-order valence-electron chi connectivity index (χ4n) is 3.45. The topological polar surface area (TPSA) is 24.9 Å². The summed E-state index contributed by atoms with van der Waals surface area (Å²) in [4.78, 5) is 4.88. The Balaban J connectivity index is 1.75. The van der Waals surface area contributed by atoms with Gasteiger partial charge < -0.3 is 9.47 Å². The second kappa shape index (κ2) is 7.24. The van der Waals surface area contributed by atoms with E-state index in [2.05, 4.69) is 48.2 Å². The van der Waals surface area contributed by atoms with Crippen LogP contribution in [0.1, 0.15) is 23.2 Å². The summed E-state index contributed by atoms with van der Waals surface area (Å²) < 4.78 is 10.5. The molecule has 1 fully saturated rings. The third-order valence-corrected chi connectivity index (χ3v) is 4.99. The maximum atomic E-state index is 5.26. The van der Waals surface area contributed by atoms with Crippen LogP contribution in [-0.4, -0.2) is 51.2 Å². The van der Waals surface area contributed by atoms with Crippen molar-refractivity contribution in [1.82, 2.24) is 9.80 Å². The summed E-state index contributed by atoms with van der Waals surface area (Å²) >= 11 is 0. The Labute approximate surface area is 144 Å². The molecule has 2 aromatic rings. The summed E-state index contributed by atoms with van der Waals surface area (Å²) in [5.74, 6) is 1.81. The molecule has 128 valence electrons. The van der Waals surface area contributed by atoms with Crippen LogP contribution >= 0.6 is 0 Å². The first-order chi connectivity index (χ1) is 11.6. The van der Waals surface area contributed by atoms with Gasteiger partial charge in [0.25, 0.3) is 0 Å². The SMILES string of the molecule is COc1ccc([C@H]2CN(C)[C@H](c3ccc(OC)cc3)CN2C)cc1. The zero-order valence-corrected chi connectivity index (χ0v) is 14.9. The number of nitrogens with zero attached hydrogens (tertiary/aromatic N) is 2. The number of hydrogen-bond acceptors (Lipinski definition) is 4. The standard InChI is InChI=1S/C20H26N2O2/c1-21-13-20(16-7-11-18(24-4)12-8-16)22(2)14-19(21)15-5-9-17(23-3)10-6-15/h5-12,19-20H,13-14H2,1-4H3/t19-,20+. The number of hydrogen-bond donors (Lipinski definition) is 0. The van der Waals surface area contributed by atoms with E-state index in [1.165, 1.54) is 11.1 Å². The van der Waals surface area contributed by atoms with Gasteiger partial charge in [-0.3, -0.25) is 9.80 Å². The summed E-state index contributed by atoms with van der Waals surface area (Å²) in [5.41, 5.74) is 2.66. The van der Waals surface area contributed by atoms with Gasteiger partial charge in [-0.2, -0.15) is 0 Å². The highest BCUT2D eigenvalue weighted by Crippen LogP contribution is 2.33. The van der Waals surface area contributed by atoms with Crippen LogP contribution in [0, 0.1) is 0 Å². The number of rotatable bonds is 4. The van der Waals surface area contributed by atoms with Gasteiger partial charge in [0.2, 0.25) is 0 Å². The number of methoxy groups -OCH3 is 2. The van der Waals surface area contributed by atoms with Crippen LogP contribution in [0.25, 0.3) is 0 Å². The second-order valence-electron chi connectivity index (χ2n) is 6.46. The van der Waals surface area contributed by atoms with Crippen molar-refractivity contribution in [3.05, 3.63) is 59.7 Å². The molecule has 0 unspecified atom stereocenters. The van der Waals surface area contributed by atoms with Crippen LogP contribution in [0.2, 0.25) is 0 Å². The first-order valence-corrected chi connectivity index (χ1v) is 8.30. The molecule has 1 aliphatic heterocycles. The van der Waals surface area contributed by atoms with Gasteiger partial charge in [0.15, 0.2) is 0 Å². The van der Waals surface area contributed by atoms with Crippen molar-refractivity contribution in [2.45, 2.75) is 12.1 Å². The summed E-state index contributed by atoms with van der Waals surface area (Å²) in [6.45, 7) is 2.00. The van der Waals surface area contributed by atoms with E-state index >= 15 is 0 Å². The highest BCUT2D eigenvalue weighted by molar-refractivity contribution is 5.32. The molecule has 0 bridgehead atoms. The van der Waals surface area contributed by atoms with Crippen LogP contribution in [0.5, 0.6) is 11.5 Å². The molecule has 0 aliphatic carbocycles. The summed E-state index contributed by atoms with van der Waals surface area (Å²) in [6, 6.07) is 17.6. The predicted octanol–water partition coefficient (Wildman–Crippen LogP) is 3.36. The largest absolute Gasteiger partial charge is 0.497 e. The lowest BCUT2D eigenvalue weighted by Gasteiger charge is -2.43. The van der Waals surface area contributed by atoms with Crippen molar-refractivity contribution in [3.63, 3.8) is 0 Å². The van der Waals surface area contributed by atoms with Gasteiger partial charge in [0.1, 0.15) is 11.5 Å². The van der Waals surface area contributed by atoms with Crippen molar-refractivity contribution >= 4 is 0 Å². The van der Waals surface area contributed by atoms with Gasteiger partial charge in [-0.15, -0.1) is 0 Å². The third-order valence-electron chi connectivity index (χ3n) is 4.99. The maximum absolute atomic E-state index is 5.26. The van der Waals surface area contributed by atoms with Crippen LogP contribution in [0.15, 0.2) is 48.5 Å². The first kappa shape index (κ1) is 16.8. The number of likely N-dealkylation sites (N-methyl/N-ethyl adjacent to an activating group) is 2. The predicted molar refractivity (Wildman–Crippen MR) is 96.7 cm³/mol. The molecule has 2 atom stereocenters. The second-order valence-corrected chi connectivity index (χ2v) is 6.46. The molecule has 0 N–H and O–H groups in total. The molecule has 2 aromatic carbocycles. The molecule has 4 nitrogen and oxygen atoms in total. The average molecular weight is 326 g/mol. The van der Waals surface area contributed by atoms with Crippen LogP contribution in [0.4, 0.5) is 0 Å². The van der Waals surface area contributed by atoms with E-state index in [0.717, 1.165) is 24.6 Å². The van der Waals surface area contributed by atoms with Crippen molar-refractivity contribution in [1.29, 1.82) is 0 Å². The molecular weight excluding hydrogens is 300 g/mol. The molecule has 1 aliphatic rings. The number of benzene rings is 2. The molecule has 0 saturated carbocycles. The molecule has 0 aromatic heterocycles. The Kier molecular flexibility index (Phi) is 5.07. The van der Waals surface area contributed by atoms with E-state index in [1.807, 2.05) is 24.3 Å². The van der Waals surface area contributed by atoms with Gasteiger partial charge in [-0.1, -0.05) is 24.3 Å². The molecule has 0 spiro atoms. The highest BCUT2D eigenvalue weighted by atomic mass is 16.5. The lowest BCUT2D eigenvalue weighted by Crippen LogP contribution is -2.46. The van der Waals surface area contributed by atoms with Crippen LogP contribution in [0.3, 0.4) is 0 Å². The van der Waals surface area contributed by atoms with Crippen LogP contribution < -0.4 is 9.47 Å². The Bertz CT molecular complexity index is 595. The van der Waals surface area contributed by atoms with Gasteiger partial charge in [0, 0.05) is 25.2 Å². The van der Waals surface area contributed by atoms with Crippen molar-refractivity contribution < 1.29 is 9.47 Å². The quantitative estimate of drug-likeness (QED) is 0.860. The smallest absolute Gasteiger partial charge is 0.118 e. The fourth-order valence-corrected chi connectivity index (χ4v) is 3.45. The van der Waals surface area contributed by atoms with Crippen molar-refractivity contribution in [2.75, 3.05) is 41.4 Å². The minimum absolute atomic E-state index is 0.399. The van der Waals surface area contributed by atoms with Crippen molar-refractivity contribution in [3.8, 4) is 11.5 Å². The molecule has 1 saturated heterocycles. The van der Waals surface area contributed by atoms with Gasteiger partial charge in [-0.25, -0.2) is 0 Å². The molecule has 1 heterocycles. The van der Waals surface area contributed by atoms with E-state index in [-0.39, 0.29) is 0 Å². The molecule has 3 rings (SSSR count). The Morgan fingerprint density at radius 3 is 1.29 bits per heavy atom. The normalized spacial score (nSPS) is 22.3. The number of piperazine rings is 1. The number of ether oxygens (including phenoxy) is 2. The van der Waals surface area contributed by atoms with Crippen LogP contribution in [-0.2, 0) is 0 Å². The molecule has 4 heteroatoms. The van der Waals surface area contributed by atoms with Gasteiger partial charge >= 0.3 is 0 Å². The summed E-state index contributed by atoms with van der Waals surface area (Å²) in [5, 5.41) is 0. The van der Waals surface area contributed by atoms with E-state index in [0.29, 0.717) is 12.1 Å². The van der Waals surface area contributed by atoms with E-state index in [9.17, 15) is 0 Å². The monoisotopic (exact) mass is 326 g/mol. The average Bonchev–Trinajstić information content (AvgIpc) is 2.63. The Morgan fingerprint density at radius 2 is 1.00 bits per heavy atom. The fraction of sp³-hybridized carbons (Fsp3) is 0.400. The Morgan fingerprint density at radius 1 is 0.667 bits per heavy atom. The highest BCUT2D eigenvalue weighted by Gasteiger charge is 2.31. The van der Waals surface area contributed by atoms with Gasteiger partial charge in [0.05, 0.1) is 14.2 Å². The molecule has 0 amide bonds. The zero-order valence-electron chi connectivity index (χ0n) is 14.9. The van der Waals surface area contributed by atoms with E-state index < -0.39 is 0 Å². The third kappa shape index (κ3) is 3.40. The zero-order chi connectivity index (χ0) is 17.1. The Hall–Kier alpha value is -2.04. The van der Waals surface area contributed by atoms with E-state index in [1.54, 1.807) is 14.2 Å². The first-order valence-electron chi connectivity index (χ1n) is 8.30. The molecule has 0 radical (unpaired) electrons. The lowest BCUT2D eigenvalue weighted by molar-refractivity contribution is 0.0623.